The second kappa shape index (κ2) is 9.51. The Balaban J connectivity index is 1.98. The van der Waals surface area contributed by atoms with Crippen LogP contribution in [0.4, 0.5) is 13.2 Å². The normalized spacial score (nSPS) is 15.7. The minimum atomic E-state index is -4.81. The quantitative estimate of drug-likeness (QED) is 0.421. The minimum absolute atomic E-state index is 0.0410. The third-order valence-corrected chi connectivity index (χ3v) is 5.84. The summed E-state index contributed by atoms with van der Waals surface area (Å²) in [5, 5.41) is 12.6. The van der Waals surface area contributed by atoms with Crippen LogP contribution in [0.5, 0.6) is 11.6 Å². The van der Waals surface area contributed by atoms with Gasteiger partial charge in [-0.15, -0.1) is 0 Å². The van der Waals surface area contributed by atoms with Crippen LogP contribution in [0.2, 0.25) is 5.02 Å². The van der Waals surface area contributed by atoms with Gasteiger partial charge in [-0.05, 0) is 30.7 Å². The highest BCUT2D eigenvalue weighted by Gasteiger charge is 2.40. The molecule has 7 nitrogen and oxygen atoms in total. The van der Waals surface area contributed by atoms with Crippen molar-refractivity contribution in [2.45, 2.75) is 19.0 Å². The molecule has 0 atom stereocenters. The fourth-order valence-electron chi connectivity index (χ4n) is 2.84. The van der Waals surface area contributed by atoms with Crippen molar-refractivity contribution in [3.05, 3.63) is 45.5 Å². The third-order valence-electron chi connectivity index (χ3n) is 4.23. The number of hydrogen-bond acceptors (Lipinski definition) is 6. The molecule has 1 aliphatic rings. The highest BCUT2D eigenvalue weighted by atomic mass is 35.5. The van der Waals surface area contributed by atoms with Crippen LogP contribution in [-0.2, 0) is 22.8 Å². The molecular weight excluding hydrogens is 491 g/mol. The molecule has 1 aliphatic heterocycles. The molecule has 170 valence electrons. The van der Waals surface area contributed by atoms with Gasteiger partial charge >= 0.3 is 12.1 Å². The molecule has 3 rings (SSSR count). The molecule has 0 aliphatic carbocycles. The van der Waals surface area contributed by atoms with Crippen molar-refractivity contribution < 1.29 is 32.6 Å². The zero-order chi connectivity index (χ0) is 23.6. The van der Waals surface area contributed by atoms with Crippen molar-refractivity contribution >= 4 is 57.9 Å². The fraction of sp³-hybridized carbons (Fsp3) is 0.263. The number of thioether (sulfide) groups is 1. The van der Waals surface area contributed by atoms with Gasteiger partial charge in [0.1, 0.15) is 10.1 Å². The molecule has 32 heavy (non-hydrogen) atoms. The number of aromatic nitrogens is 2. The number of carbonyl (C=O) groups excluding carboxylic acids is 1. The van der Waals surface area contributed by atoms with Gasteiger partial charge in [-0.25, -0.2) is 4.68 Å². The van der Waals surface area contributed by atoms with E-state index in [4.69, 9.17) is 33.7 Å². The monoisotopic (exact) mass is 505 g/mol. The van der Waals surface area contributed by atoms with E-state index < -0.39 is 29.3 Å². The molecule has 0 spiro atoms. The number of carboxylic acids is 1. The summed E-state index contributed by atoms with van der Waals surface area (Å²) in [7, 11) is 1.28. The zero-order valence-electron chi connectivity index (χ0n) is 16.4. The number of amides is 1. The van der Waals surface area contributed by atoms with E-state index >= 15 is 0 Å². The Morgan fingerprint density at radius 1 is 1.41 bits per heavy atom. The second-order valence-corrected chi connectivity index (χ2v) is 8.69. The molecule has 0 saturated carbocycles. The summed E-state index contributed by atoms with van der Waals surface area (Å²) in [5.41, 5.74) is -1.67. The average Bonchev–Trinajstić information content (AvgIpc) is 3.13. The van der Waals surface area contributed by atoms with E-state index in [2.05, 4.69) is 5.10 Å². The standard InChI is InChI=1S/C19H15ClF3N3O4S2/c1-25-17(30-11-5-2-4-10(20)8-11)12(15(24-25)19(21,22)23)9-13-16(29)26(18(31)32-13)7-3-6-14(27)28/h2,4-5,8-9H,3,6-7H2,1H3,(H,27,28)/b13-9+. The number of halogens is 4. The van der Waals surface area contributed by atoms with Crippen molar-refractivity contribution in [1.82, 2.24) is 14.7 Å². The molecule has 1 amide bonds. The summed E-state index contributed by atoms with van der Waals surface area (Å²) in [5.74, 6) is -1.70. The van der Waals surface area contributed by atoms with Crippen molar-refractivity contribution in [2.75, 3.05) is 6.54 Å². The van der Waals surface area contributed by atoms with E-state index in [9.17, 15) is 22.8 Å². The molecular formula is C19H15ClF3N3O4S2. The summed E-state index contributed by atoms with van der Waals surface area (Å²) < 4.78 is 47.6. The number of thiocarbonyl (C=S) groups is 1. The highest BCUT2D eigenvalue weighted by Crippen LogP contribution is 2.41. The first kappa shape index (κ1) is 24.1. The molecule has 13 heteroatoms. The minimum Gasteiger partial charge on any atom is -0.481 e. The van der Waals surface area contributed by atoms with Crippen LogP contribution in [0.1, 0.15) is 24.1 Å². The first-order valence-corrected chi connectivity index (χ1v) is 10.6. The van der Waals surface area contributed by atoms with Crippen LogP contribution in [0.3, 0.4) is 0 Å². The van der Waals surface area contributed by atoms with Crippen LogP contribution in [-0.4, -0.2) is 42.5 Å². The number of carbonyl (C=O) groups is 2. The number of ether oxygens (including phenoxy) is 1. The summed E-state index contributed by atoms with van der Waals surface area (Å²) in [4.78, 5) is 24.5. The smallest absolute Gasteiger partial charge is 0.435 e. The second-order valence-electron chi connectivity index (χ2n) is 6.58. The van der Waals surface area contributed by atoms with Gasteiger partial charge in [0, 0.05) is 25.0 Å². The average molecular weight is 506 g/mol. The van der Waals surface area contributed by atoms with Gasteiger partial charge in [0.15, 0.2) is 5.69 Å². The number of benzene rings is 1. The fourth-order valence-corrected chi connectivity index (χ4v) is 4.31. The van der Waals surface area contributed by atoms with Crippen molar-refractivity contribution in [3.8, 4) is 11.6 Å². The van der Waals surface area contributed by atoms with Crippen LogP contribution in [0.25, 0.3) is 6.08 Å². The van der Waals surface area contributed by atoms with Crippen LogP contribution < -0.4 is 4.74 Å². The molecule has 1 saturated heterocycles. The van der Waals surface area contributed by atoms with E-state index in [1.165, 1.54) is 19.2 Å². The summed E-state index contributed by atoms with van der Waals surface area (Å²) in [6.07, 6.45) is -3.80. The SMILES string of the molecule is Cn1nc(C(F)(F)F)c(/C=C2/SC(=S)N(CCCC(=O)O)C2=O)c1Oc1cccc(Cl)c1. The van der Waals surface area contributed by atoms with Gasteiger partial charge in [-0.3, -0.25) is 14.5 Å². The lowest BCUT2D eigenvalue weighted by molar-refractivity contribution is -0.141. The maximum absolute atomic E-state index is 13.6. The number of alkyl halides is 3. The van der Waals surface area contributed by atoms with Crippen LogP contribution in [0.15, 0.2) is 29.2 Å². The molecule has 0 radical (unpaired) electrons. The number of aliphatic carboxylic acids is 1. The Morgan fingerprint density at radius 3 is 2.75 bits per heavy atom. The number of hydrogen-bond donors (Lipinski definition) is 1. The van der Waals surface area contributed by atoms with Gasteiger partial charge in [-0.2, -0.15) is 18.3 Å². The van der Waals surface area contributed by atoms with E-state index in [-0.39, 0.29) is 40.2 Å². The van der Waals surface area contributed by atoms with Crippen LogP contribution in [0, 0.1) is 0 Å². The van der Waals surface area contributed by atoms with E-state index in [1.807, 2.05) is 0 Å². The number of carboxylic acid groups (broad SMARTS) is 1. The number of nitrogens with zero attached hydrogens (tertiary/aromatic N) is 3. The van der Waals surface area contributed by atoms with E-state index in [0.717, 1.165) is 27.4 Å². The molecule has 2 heterocycles. The first-order valence-electron chi connectivity index (χ1n) is 9.02. The maximum Gasteiger partial charge on any atom is 0.435 e. The van der Waals surface area contributed by atoms with Crippen molar-refractivity contribution in [1.29, 1.82) is 0 Å². The van der Waals surface area contributed by atoms with Gasteiger partial charge in [-0.1, -0.05) is 41.6 Å². The maximum atomic E-state index is 13.6. The molecule has 1 fully saturated rings. The third kappa shape index (κ3) is 5.43. The Labute approximate surface area is 194 Å². The Hall–Kier alpha value is -2.57. The molecule has 2 aromatic rings. The molecule has 1 N–H and O–H groups in total. The van der Waals surface area contributed by atoms with E-state index in [1.54, 1.807) is 12.1 Å². The van der Waals surface area contributed by atoms with Gasteiger partial charge in [0.2, 0.25) is 5.88 Å². The van der Waals surface area contributed by atoms with E-state index in [0.29, 0.717) is 5.02 Å². The summed E-state index contributed by atoms with van der Waals surface area (Å²) in [6, 6.07) is 6.08. The largest absolute Gasteiger partial charge is 0.481 e. The topological polar surface area (TPSA) is 84.7 Å². The number of aryl methyl sites for hydroxylation is 1. The van der Waals surface area contributed by atoms with Crippen molar-refractivity contribution in [2.24, 2.45) is 7.05 Å². The molecule has 0 bridgehead atoms. The Bertz CT molecular complexity index is 1120. The first-order chi connectivity index (χ1) is 15.0. The Morgan fingerprint density at radius 2 is 2.12 bits per heavy atom. The highest BCUT2D eigenvalue weighted by molar-refractivity contribution is 8.26. The van der Waals surface area contributed by atoms with Crippen LogP contribution >= 0.6 is 35.6 Å². The molecule has 1 aromatic carbocycles. The predicted octanol–water partition coefficient (Wildman–Crippen LogP) is 4.95. The lowest BCUT2D eigenvalue weighted by Crippen LogP contribution is -2.29. The predicted molar refractivity (Wildman–Crippen MR) is 116 cm³/mol. The van der Waals surface area contributed by atoms with Gasteiger partial charge in [0.05, 0.1) is 10.5 Å². The summed E-state index contributed by atoms with van der Waals surface area (Å²) >= 11 is 11.9. The lowest BCUT2D eigenvalue weighted by Gasteiger charge is -2.13. The summed E-state index contributed by atoms with van der Waals surface area (Å²) in [6.45, 7) is 0.0410. The number of rotatable bonds is 7. The zero-order valence-corrected chi connectivity index (χ0v) is 18.7. The molecule has 0 unspecified atom stereocenters. The van der Waals surface area contributed by atoms with Gasteiger partial charge in [0.25, 0.3) is 5.91 Å². The van der Waals surface area contributed by atoms with Crippen molar-refractivity contribution in [3.63, 3.8) is 0 Å². The molecule has 1 aromatic heterocycles. The van der Waals surface area contributed by atoms with Gasteiger partial charge < -0.3 is 9.84 Å². The lowest BCUT2D eigenvalue weighted by atomic mass is 10.2. The Kier molecular flexibility index (Phi) is 7.16.